The summed E-state index contributed by atoms with van der Waals surface area (Å²) in [4.78, 5) is 28.1. The SMILES string of the molecule is CON(C)S(=O)(=O)c1cc(C(=O)OCC(=O)NCCC(C)C)ccc1Cl. The molecule has 10 heteroatoms. The van der Waals surface area contributed by atoms with Crippen molar-refractivity contribution >= 4 is 33.5 Å². The van der Waals surface area contributed by atoms with Gasteiger partial charge in [-0.2, -0.15) is 0 Å². The Labute approximate surface area is 158 Å². The lowest BCUT2D eigenvalue weighted by Crippen LogP contribution is -2.30. The first-order valence-electron chi connectivity index (χ1n) is 7.86. The number of amides is 1. The molecule has 0 unspecified atom stereocenters. The summed E-state index contributed by atoms with van der Waals surface area (Å²) in [6.07, 6.45) is 0.811. The second-order valence-electron chi connectivity index (χ2n) is 5.85. The van der Waals surface area contributed by atoms with Gasteiger partial charge in [-0.1, -0.05) is 29.9 Å². The van der Waals surface area contributed by atoms with Crippen LogP contribution in [0.4, 0.5) is 0 Å². The number of hydroxylamine groups is 1. The first-order valence-corrected chi connectivity index (χ1v) is 9.67. The van der Waals surface area contributed by atoms with Crippen molar-refractivity contribution in [2.45, 2.75) is 25.2 Å². The molecule has 1 aromatic carbocycles. The molecule has 0 saturated carbocycles. The fourth-order valence-electron chi connectivity index (χ4n) is 1.83. The maximum Gasteiger partial charge on any atom is 0.338 e. The van der Waals surface area contributed by atoms with Crippen LogP contribution in [0.1, 0.15) is 30.6 Å². The van der Waals surface area contributed by atoms with Crippen molar-refractivity contribution < 1.29 is 27.6 Å². The predicted molar refractivity (Wildman–Crippen MR) is 96.2 cm³/mol. The minimum Gasteiger partial charge on any atom is -0.452 e. The van der Waals surface area contributed by atoms with Gasteiger partial charge in [0, 0.05) is 13.6 Å². The highest BCUT2D eigenvalue weighted by molar-refractivity contribution is 7.89. The molecule has 0 fully saturated rings. The zero-order valence-electron chi connectivity index (χ0n) is 15.1. The van der Waals surface area contributed by atoms with Gasteiger partial charge in [0.1, 0.15) is 4.90 Å². The van der Waals surface area contributed by atoms with Crippen molar-refractivity contribution in [2.24, 2.45) is 5.92 Å². The number of hydrogen-bond acceptors (Lipinski definition) is 6. The molecule has 1 aromatic rings. The summed E-state index contributed by atoms with van der Waals surface area (Å²) >= 11 is 5.92. The second kappa shape index (κ2) is 9.86. The number of rotatable bonds is 9. The number of benzene rings is 1. The van der Waals surface area contributed by atoms with Gasteiger partial charge in [0.05, 0.1) is 17.7 Å². The molecule has 1 rings (SSSR count). The predicted octanol–water partition coefficient (Wildman–Crippen LogP) is 1.84. The molecule has 1 N–H and O–H groups in total. The lowest BCUT2D eigenvalue weighted by Gasteiger charge is -2.15. The fraction of sp³-hybridized carbons (Fsp3) is 0.500. The van der Waals surface area contributed by atoms with E-state index in [4.69, 9.17) is 16.3 Å². The maximum atomic E-state index is 12.3. The molecule has 0 saturated heterocycles. The van der Waals surface area contributed by atoms with E-state index in [0.29, 0.717) is 16.9 Å². The molecule has 26 heavy (non-hydrogen) atoms. The number of hydrogen-bond donors (Lipinski definition) is 1. The monoisotopic (exact) mass is 406 g/mol. The molecule has 0 aliphatic heterocycles. The summed E-state index contributed by atoms with van der Waals surface area (Å²) in [5, 5.41) is 2.56. The van der Waals surface area contributed by atoms with Gasteiger partial charge in [0.2, 0.25) is 0 Å². The third kappa shape index (κ3) is 6.24. The molecular weight excluding hydrogens is 384 g/mol. The van der Waals surface area contributed by atoms with Crippen LogP contribution in [0.5, 0.6) is 0 Å². The van der Waals surface area contributed by atoms with E-state index in [1.54, 1.807) is 0 Å². The van der Waals surface area contributed by atoms with Crippen LogP contribution in [0.25, 0.3) is 0 Å². The quantitative estimate of drug-likeness (QED) is 0.496. The normalized spacial score (nSPS) is 11.7. The Hall–Kier alpha value is -1.68. The van der Waals surface area contributed by atoms with E-state index < -0.39 is 28.5 Å². The van der Waals surface area contributed by atoms with E-state index in [9.17, 15) is 18.0 Å². The molecule has 0 aliphatic rings. The van der Waals surface area contributed by atoms with E-state index >= 15 is 0 Å². The van der Waals surface area contributed by atoms with Gasteiger partial charge in [-0.05, 0) is 30.5 Å². The Morgan fingerprint density at radius 2 is 1.96 bits per heavy atom. The Morgan fingerprint density at radius 3 is 2.54 bits per heavy atom. The molecule has 1 amide bonds. The van der Waals surface area contributed by atoms with Crippen molar-refractivity contribution in [3.05, 3.63) is 28.8 Å². The Bertz CT molecular complexity index is 751. The van der Waals surface area contributed by atoms with E-state index in [-0.39, 0.29) is 15.5 Å². The Kier molecular flexibility index (Phi) is 8.48. The van der Waals surface area contributed by atoms with Crippen LogP contribution in [0, 0.1) is 5.92 Å². The second-order valence-corrected chi connectivity index (χ2v) is 8.16. The van der Waals surface area contributed by atoms with E-state index in [2.05, 4.69) is 10.2 Å². The lowest BCUT2D eigenvalue weighted by molar-refractivity contribution is -0.124. The van der Waals surface area contributed by atoms with Gasteiger partial charge < -0.3 is 10.1 Å². The van der Waals surface area contributed by atoms with E-state index in [0.717, 1.165) is 12.5 Å². The van der Waals surface area contributed by atoms with E-state index in [1.807, 2.05) is 13.8 Å². The molecular formula is C16H23ClN2O6S. The fourth-order valence-corrected chi connectivity index (χ4v) is 3.30. The summed E-state index contributed by atoms with van der Waals surface area (Å²) in [7, 11) is -1.66. The van der Waals surface area contributed by atoms with Crippen molar-refractivity contribution in [2.75, 3.05) is 27.3 Å². The van der Waals surface area contributed by atoms with Crippen LogP contribution in [0.2, 0.25) is 5.02 Å². The Morgan fingerprint density at radius 1 is 1.31 bits per heavy atom. The average Bonchev–Trinajstić information content (AvgIpc) is 2.58. The van der Waals surface area contributed by atoms with Crippen LogP contribution in [-0.2, 0) is 24.4 Å². The topological polar surface area (TPSA) is 102 Å². The lowest BCUT2D eigenvalue weighted by atomic mass is 10.1. The number of carbonyl (C=O) groups is 2. The highest BCUT2D eigenvalue weighted by atomic mass is 35.5. The molecule has 0 bridgehead atoms. The maximum absolute atomic E-state index is 12.3. The smallest absolute Gasteiger partial charge is 0.338 e. The molecule has 146 valence electrons. The molecule has 8 nitrogen and oxygen atoms in total. The molecule has 0 spiro atoms. The van der Waals surface area contributed by atoms with Crippen LogP contribution in [0.3, 0.4) is 0 Å². The van der Waals surface area contributed by atoms with Gasteiger partial charge in [0.15, 0.2) is 6.61 Å². The number of nitrogens with one attached hydrogen (secondary N) is 1. The molecule has 0 aliphatic carbocycles. The summed E-state index contributed by atoms with van der Waals surface area (Å²) in [6.45, 7) is 4.08. The highest BCUT2D eigenvalue weighted by Crippen LogP contribution is 2.25. The van der Waals surface area contributed by atoms with Crippen molar-refractivity contribution in [1.29, 1.82) is 0 Å². The summed E-state index contributed by atoms with van der Waals surface area (Å²) < 4.78 is 30.1. The Balaban J connectivity index is 2.79. The minimum atomic E-state index is -4.04. The van der Waals surface area contributed by atoms with Gasteiger partial charge in [0.25, 0.3) is 15.9 Å². The third-order valence-electron chi connectivity index (χ3n) is 3.42. The van der Waals surface area contributed by atoms with Gasteiger partial charge in [-0.25, -0.2) is 13.2 Å². The standard InChI is InChI=1S/C16H23ClN2O6S/c1-11(2)7-8-18-15(20)10-25-16(21)12-5-6-13(17)14(9-12)26(22,23)19(3)24-4/h5-6,9,11H,7-8,10H2,1-4H3,(H,18,20). The average molecular weight is 407 g/mol. The zero-order valence-corrected chi connectivity index (χ0v) is 16.7. The number of esters is 1. The van der Waals surface area contributed by atoms with Gasteiger partial charge in [-0.15, -0.1) is 0 Å². The van der Waals surface area contributed by atoms with Gasteiger partial charge in [-0.3, -0.25) is 9.63 Å². The number of halogens is 1. The summed E-state index contributed by atoms with van der Waals surface area (Å²) in [6, 6.07) is 3.65. The molecule has 0 heterocycles. The number of carbonyl (C=O) groups excluding carboxylic acids is 2. The number of sulfonamides is 1. The minimum absolute atomic E-state index is 0.0486. The summed E-state index contributed by atoms with van der Waals surface area (Å²) in [5.74, 6) is -0.824. The highest BCUT2D eigenvalue weighted by Gasteiger charge is 2.25. The van der Waals surface area contributed by atoms with E-state index in [1.165, 1.54) is 26.3 Å². The molecule has 0 atom stereocenters. The van der Waals surface area contributed by atoms with Gasteiger partial charge >= 0.3 is 5.97 Å². The van der Waals surface area contributed by atoms with Crippen LogP contribution in [0.15, 0.2) is 23.1 Å². The first kappa shape index (κ1) is 22.4. The number of nitrogens with zero attached hydrogens (tertiary/aromatic N) is 1. The van der Waals surface area contributed by atoms with Crippen LogP contribution in [-0.4, -0.2) is 52.1 Å². The molecule has 0 aromatic heterocycles. The first-order chi connectivity index (χ1) is 12.1. The molecule has 0 radical (unpaired) electrons. The van der Waals surface area contributed by atoms with Crippen molar-refractivity contribution in [3.63, 3.8) is 0 Å². The van der Waals surface area contributed by atoms with Crippen LogP contribution < -0.4 is 5.32 Å². The van der Waals surface area contributed by atoms with Crippen LogP contribution >= 0.6 is 11.6 Å². The summed E-state index contributed by atoms with van der Waals surface area (Å²) in [5.41, 5.74) is -0.0486. The number of ether oxygens (including phenoxy) is 1. The zero-order chi connectivity index (χ0) is 19.9. The van der Waals surface area contributed by atoms with Crippen molar-refractivity contribution in [3.8, 4) is 0 Å². The third-order valence-corrected chi connectivity index (χ3v) is 5.58. The van der Waals surface area contributed by atoms with Crippen molar-refractivity contribution in [1.82, 2.24) is 9.79 Å². The largest absolute Gasteiger partial charge is 0.452 e.